The zero-order chi connectivity index (χ0) is 12.4. The lowest BCUT2D eigenvalue weighted by Crippen LogP contribution is -2.27. The predicted molar refractivity (Wildman–Crippen MR) is 71.8 cm³/mol. The van der Waals surface area contributed by atoms with Gasteiger partial charge < -0.3 is 9.64 Å². The van der Waals surface area contributed by atoms with Crippen LogP contribution in [0.4, 0.5) is 0 Å². The summed E-state index contributed by atoms with van der Waals surface area (Å²) in [6.45, 7) is 14.5. The standard InChI is InChI=1S/C11H21NO.C3H6/c1-10-5-4-6-12(3)7-8-13-11(2)9-10;1-3-2/h11H,1,4-9H2,2-3H3;3H,1H2,2H3. The van der Waals surface area contributed by atoms with Crippen LogP contribution in [-0.4, -0.2) is 37.7 Å². The van der Waals surface area contributed by atoms with Crippen molar-refractivity contribution >= 4 is 0 Å². The van der Waals surface area contributed by atoms with E-state index in [2.05, 4.69) is 32.0 Å². The molecule has 1 aliphatic heterocycles. The molecule has 2 nitrogen and oxygen atoms in total. The molecule has 16 heavy (non-hydrogen) atoms. The van der Waals surface area contributed by atoms with Gasteiger partial charge in [-0.15, -0.1) is 6.58 Å². The van der Waals surface area contributed by atoms with Gasteiger partial charge in [-0.2, -0.15) is 0 Å². The normalized spacial score (nSPS) is 24.2. The summed E-state index contributed by atoms with van der Waals surface area (Å²) >= 11 is 0. The van der Waals surface area contributed by atoms with Crippen LogP contribution in [0, 0.1) is 0 Å². The minimum absolute atomic E-state index is 0.346. The molecule has 94 valence electrons. The van der Waals surface area contributed by atoms with E-state index in [-0.39, 0.29) is 0 Å². The van der Waals surface area contributed by atoms with E-state index in [1.54, 1.807) is 6.08 Å². The van der Waals surface area contributed by atoms with Crippen molar-refractivity contribution in [3.05, 3.63) is 24.8 Å². The maximum atomic E-state index is 5.66. The number of hydrogen-bond donors (Lipinski definition) is 0. The van der Waals surface area contributed by atoms with E-state index >= 15 is 0 Å². The molecule has 1 heterocycles. The molecule has 1 atom stereocenters. The molecule has 0 aliphatic carbocycles. The maximum Gasteiger partial charge on any atom is 0.0597 e. The highest BCUT2D eigenvalue weighted by molar-refractivity contribution is 4.95. The Morgan fingerprint density at radius 3 is 2.69 bits per heavy atom. The Morgan fingerprint density at radius 1 is 1.44 bits per heavy atom. The SMILES string of the molecule is C=C1CCCN(C)CCOC(C)C1.C=CC. The monoisotopic (exact) mass is 225 g/mol. The highest BCUT2D eigenvalue weighted by Crippen LogP contribution is 2.13. The molecule has 0 radical (unpaired) electrons. The van der Waals surface area contributed by atoms with E-state index in [9.17, 15) is 0 Å². The minimum Gasteiger partial charge on any atom is -0.377 e. The second-order valence-corrected chi connectivity index (χ2v) is 4.45. The Kier molecular flexibility index (Phi) is 9.25. The maximum absolute atomic E-state index is 5.66. The molecule has 0 aromatic carbocycles. The first-order valence-corrected chi connectivity index (χ1v) is 6.14. The fraction of sp³-hybridized carbons (Fsp3) is 0.714. The lowest BCUT2D eigenvalue weighted by Gasteiger charge is -2.22. The number of ether oxygens (including phenoxy) is 1. The molecule has 0 bridgehead atoms. The van der Waals surface area contributed by atoms with Gasteiger partial charge in [-0.25, -0.2) is 0 Å². The number of hydrogen-bond acceptors (Lipinski definition) is 2. The summed E-state index contributed by atoms with van der Waals surface area (Å²) < 4.78 is 5.66. The molecule has 0 saturated carbocycles. The van der Waals surface area contributed by atoms with Crippen LogP contribution < -0.4 is 0 Å². The molecule has 0 aromatic heterocycles. The van der Waals surface area contributed by atoms with Gasteiger partial charge in [0, 0.05) is 6.54 Å². The van der Waals surface area contributed by atoms with E-state index in [1.165, 1.54) is 12.0 Å². The molecule has 1 unspecified atom stereocenters. The number of nitrogens with zero attached hydrogens (tertiary/aromatic N) is 1. The third-order valence-corrected chi connectivity index (χ3v) is 2.52. The van der Waals surface area contributed by atoms with Crippen LogP contribution in [0.5, 0.6) is 0 Å². The molecule has 0 amide bonds. The van der Waals surface area contributed by atoms with Gasteiger partial charge in [-0.3, -0.25) is 0 Å². The molecule has 1 saturated heterocycles. The summed E-state index contributed by atoms with van der Waals surface area (Å²) in [5.74, 6) is 0. The Labute approximate surface area is 101 Å². The van der Waals surface area contributed by atoms with E-state index in [0.717, 1.165) is 32.5 Å². The van der Waals surface area contributed by atoms with Crippen LogP contribution >= 0.6 is 0 Å². The van der Waals surface area contributed by atoms with Gasteiger partial charge in [0.1, 0.15) is 0 Å². The van der Waals surface area contributed by atoms with Crippen LogP contribution in [0.1, 0.15) is 33.1 Å². The minimum atomic E-state index is 0.346. The van der Waals surface area contributed by atoms with Crippen LogP contribution in [0.2, 0.25) is 0 Å². The molecule has 0 N–H and O–H groups in total. The van der Waals surface area contributed by atoms with Crippen molar-refractivity contribution in [1.82, 2.24) is 4.90 Å². The van der Waals surface area contributed by atoms with Crippen molar-refractivity contribution in [2.45, 2.75) is 39.2 Å². The van der Waals surface area contributed by atoms with Crippen LogP contribution in [-0.2, 0) is 4.74 Å². The predicted octanol–water partition coefficient (Wildman–Crippen LogP) is 3.26. The fourth-order valence-corrected chi connectivity index (χ4v) is 1.69. The van der Waals surface area contributed by atoms with Crippen LogP contribution in [0.25, 0.3) is 0 Å². The summed E-state index contributed by atoms with van der Waals surface area (Å²) in [4.78, 5) is 2.32. The van der Waals surface area contributed by atoms with Crippen molar-refractivity contribution in [3.8, 4) is 0 Å². The van der Waals surface area contributed by atoms with Gasteiger partial charge in [0.25, 0.3) is 0 Å². The first kappa shape index (κ1) is 15.4. The Bertz CT molecular complexity index is 201. The van der Waals surface area contributed by atoms with Gasteiger partial charge in [-0.05, 0) is 46.7 Å². The number of likely N-dealkylation sites (N-methyl/N-ethyl adjacent to an activating group) is 1. The van der Waals surface area contributed by atoms with Gasteiger partial charge >= 0.3 is 0 Å². The van der Waals surface area contributed by atoms with Gasteiger partial charge in [0.15, 0.2) is 0 Å². The molecular weight excluding hydrogens is 198 g/mol. The van der Waals surface area contributed by atoms with E-state index in [0.29, 0.717) is 6.10 Å². The van der Waals surface area contributed by atoms with Crippen LogP contribution in [0.3, 0.4) is 0 Å². The second kappa shape index (κ2) is 9.61. The fourth-order valence-electron chi connectivity index (χ4n) is 1.69. The molecule has 1 rings (SSSR count). The lowest BCUT2D eigenvalue weighted by atomic mass is 10.1. The Morgan fingerprint density at radius 2 is 2.06 bits per heavy atom. The zero-order valence-corrected chi connectivity index (χ0v) is 11.2. The average molecular weight is 225 g/mol. The molecule has 1 aliphatic rings. The molecule has 0 spiro atoms. The number of rotatable bonds is 0. The van der Waals surface area contributed by atoms with Gasteiger partial charge in [0.2, 0.25) is 0 Å². The highest BCUT2D eigenvalue weighted by Gasteiger charge is 2.08. The molecular formula is C14H27NO. The first-order chi connectivity index (χ1) is 7.60. The Hall–Kier alpha value is -0.600. The number of allylic oxidation sites excluding steroid dienone is 1. The van der Waals surface area contributed by atoms with Crippen molar-refractivity contribution in [3.63, 3.8) is 0 Å². The average Bonchev–Trinajstić information content (AvgIpc) is 2.18. The first-order valence-electron chi connectivity index (χ1n) is 6.14. The van der Waals surface area contributed by atoms with Crippen molar-refractivity contribution in [1.29, 1.82) is 0 Å². The zero-order valence-electron chi connectivity index (χ0n) is 11.2. The summed E-state index contributed by atoms with van der Waals surface area (Å²) in [6, 6.07) is 0. The summed E-state index contributed by atoms with van der Waals surface area (Å²) in [5, 5.41) is 0. The van der Waals surface area contributed by atoms with Gasteiger partial charge in [-0.1, -0.05) is 18.2 Å². The van der Waals surface area contributed by atoms with E-state index < -0.39 is 0 Å². The second-order valence-electron chi connectivity index (χ2n) is 4.45. The lowest BCUT2D eigenvalue weighted by molar-refractivity contribution is 0.0497. The molecule has 0 aromatic rings. The Balaban J connectivity index is 0.000000673. The van der Waals surface area contributed by atoms with Crippen molar-refractivity contribution in [2.24, 2.45) is 0 Å². The van der Waals surface area contributed by atoms with Crippen LogP contribution in [0.15, 0.2) is 24.8 Å². The van der Waals surface area contributed by atoms with E-state index in [1.807, 2.05) is 6.92 Å². The summed E-state index contributed by atoms with van der Waals surface area (Å²) in [7, 11) is 2.15. The quantitative estimate of drug-likeness (QED) is 0.587. The molecule has 2 heteroatoms. The third-order valence-electron chi connectivity index (χ3n) is 2.52. The third kappa shape index (κ3) is 8.69. The largest absolute Gasteiger partial charge is 0.377 e. The summed E-state index contributed by atoms with van der Waals surface area (Å²) in [6.07, 6.45) is 5.52. The van der Waals surface area contributed by atoms with E-state index in [4.69, 9.17) is 4.74 Å². The topological polar surface area (TPSA) is 12.5 Å². The van der Waals surface area contributed by atoms with Crippen molar-refractivity contribution < 1.29 is 4.74 Å². The smallest absolute Gasteiger partial charge is 0.0597 e. The van der Waals surface area contributed by atoms with Gasteiger partial charge in [0.05, 0.1) is 12.7 Å². The summed E-state index contributed by atoms with van der Waals surface area (Å²) in [5.41, 5.74) is 1.34. The highest BCUT2D eigenvalue weighted by atomic mass is 16.5. The molecule has 1 fully saturated rings. The van der Waals surface area contributed by atoms with Crippen molar-refractivity contribution in [2.75, 3.05) is 26.7 Å².